The Morgan fingerprint density at radius 1 is 1.08 bits per heavy atom. The Hall–Kier alpha value is -2.24. The molecule has 4 nitrogen and oxygen atoms in total. The van der Waals surface area contributed by atoms with E-state index in [1.165, 1.54) is 36.0 Å². The van der Waals surface area contributed by atoms with Crippen molar-refractivity contribution in [2.45, 2.75) is 32.2 Å². The van der Waals surface area contributed by atoms with Gasteiger partial charge in [0, 0.05) is 11.9 Å². The summed E-state index contributed by atoms with van der Waals surface area (Å²) in [6, 6.07) is 14.4. The van der Waals surface area contributed by atoms with Crippen molar-refractivity contribution in [2.75, 3.05) is 18.4 Å². The molecule has 2 aromatic carbocycles. The van der Waals surface area contributed by atoms with Gasteiger partial charge in [-0.15, -0.1) is 11.3 Å². The lowest BCUT2D eigenvalue weighted by Crippen LogP contribution is -2.29. The van der Waals surface area contributed by atoms with Gasteiger partial charge in [-0.2, -0.15) is 0 Å². The van der Waals surface area contributed by atoms with Gasteiger partial charge in [-0.05, 0) is 42.3 Å². The highest BCUT2D eigenvalue weighted by Gasteiger charge is 2.13. The highest BCUT2D eigenvalue weighted by Crippen LogP contribution is 2.20. The molecule has 0 spiro atoms. The molecule has 1 fully saturated rings. The second-order valence-electron chi connectivity index (χ2n) is 6.89. The Balaban J connectivity index is 1.35. The van der Waals surface area contributed by atoms with Crippen molar-refractivity contribution >= 4 is 33.1 Å². The second kappa shape index (κ2) is 7.98. The summed E-state index contributed by atoms with van der Waals surface area (Å²) in [5, 5.41) is 8.06. The standard InChI is InChI=1S/C21H23N3OS/c25-20(13-16-8-9-17-6-2-3-7-18(17)12-16)23-21-22-19(15-26-21)14-24-10-4-1-5-11-24/h2-3,6-9,12,15H,1,4-5,10-11,13-14H2,(H,22,23,25). The number of hydrogen-bond acceptors (Lipinski definition) is 4. The minimum absolute atomic E-state index is 0.0147. The van der Waals surface area contributed by atoms with Gasteiger partial charge >= 0.3 is 0 Å². The topological polar surface area (TPSA) is 45.2 Å². The lowest BCUT2D eigenvalue weighted by Gasteiger charge is -2.25. The minimum Gasteiger partial charge on any atom is -0.302 e. The number of thiazole rings is 1. The number of nitrogens with zero attached hydrogens (tertiary/aromatic N) is 2. The van der Waals surface area contributed by atoms with Crippen LogP contribution in [0.25, 0.3) is 10.8 Å². The van der Waals surface area contributed by atoms with Gasteiger partial charge in [0.05, 0.1) is 12.1 Å². The normalized spacial score (nSPS) is 15.2. The average molecular weight is 366 g/mol. The zero-order valence-corrected chi connectivity index (χ0v) is 15.6. The van der Waals surface area contributed by atoms with Crippen molar-refractivity contribution in [1.82, 2.24) is 9.88 Å². The van der Waals surface area contributed by atoms with Crippen LogP contribution in [0.1, 0.15) is 30.5 Å². The van der Waals surface area contributed by atoms with Crippen LogP contribution in [0.2, 0.25) is 0 Å². The number of hydrogen-bond donors (Lipinski definition) is 1. The molecule has 1 amide bonds. The van der Waals surface area contributed by atoms with E-state index in [0.717, 1.165) is 36.3 Å². The number of likely N-dealkylation sites (tertiary alicyclic amines) is 1. The number of benzene rings is 2. The van der Waals surface area contributed by atoms with E-state index in [0.29, 0.717) is 11.6 Å². The molecule has 134 valence electrons. The quantitative estimate of drug-likeness (QED) is 0.726. The monoisotopic (exact) mass is 365 g/mol. The molecule has 1 aliphatic rings. The van der Waals surface area contributed by atoms with E-state index in [-0.39, 0.29) is 5.91 Å². The van der Waals surface area contributed by atoms with E-state index < -0.39 is 0 Å². The number of piperidine rings is 1. The highest BCUT2D eigenvalue weighted by atomic mass is 32.1. The molecule has 0 atom stereocenters. The van der Waals surface area contributed by atoms with Gasteiger partial charge in [0.25, 0.3) is 0 Å². The zero-order valence-electron chi connectivity index (χ0n) is 14.8. The average Bonchev–Trinajstić information content (AvgIpc) is 3.09. The second-order valence-corrected chi connectivity index (χ2v) is 7.75. The van der Waals surface area contributed by atoms with Crippen molar-refractivity contribution < 1.29 is 4.79 Å². The number of fused-ring (bicyclic) bond motifs is 1. The number of anilines is 1. The molecule has 1 aliphatic heterocycles. The maximum atomic E-state index is 12.4. The molecule has 0 radical (unpaired) electrons. The number of carbonyl (C=O) groups is 1. The van der Waals surface area contributed by atoms with Crippen LogP contribution in [-0.4, -0.2) is 28.9 Å². The van der Waals surface area contributed by atoms with Gasteiger partial charge in [-0.3, -0.25) is 9.69 Å². The summed E-state index contributed by atoms with van der Waals surface area (Å²) in [7, 11) is 0. The molecule has 0 unspecified atom stereocenters. The molecule has 5 heteroatoms. The van der Waals surface area contributed by atoms with Crippen LogP contribution in [0.5, 0.6) is 0 Å². The molecule has 2 heterocycles. The largest absolute Gasteiger partial charge is 0.302 e. The summed E-state index contributed by atoms with van der Waals surface area (Å²) in [6.07, 6.45) is 4.26. The number of carbonyl (C=O) groups excluding carboxylic acids is 1. The van der Waals surface area contributed by atoms with Crippen LogP contribution in [0, 0.1) is 0 Å². The summed E-state index contributed by atoms with van der Waals surface area (Å²) in [5.74, 6) is -0.0147. The summed E-state index contributed by atoms with van der Waals surface area (Å²) in [6.45, 7) is 3.19. The third-order valence-electron chi connectivity index (χ3n) is 4.81. The molecule has 0 aliphatic carbocycles. The van der Waals surface area contributed by atoms with Crippen molar-refractivity contribution in [3.63, 3.8) is 0 Å². The highest BCUT2D eigenvalue weighted by molar-refractivity contribution is 7.13. The predicted molar refractivity (Wildman–Crippen MR) is 108 cm³/mol. The first-order valence-electron chi connectivity index (χ1n) is 9.20. The Labute approximate surface area is 157 Å². The van der Waals surface area contributed by atoms with Gasteiger partial charge in [0.1, 0.15) is 0 Å². The van der Waals surface area contributed by atoms with Crippen molar-refractivity contribution in [2.24, 2.45) is 0 Å². The van der Waals surface area contributed by atoms with Crippen LogP contribution in [-0.2, 0) is 17.8 Å². The van der Waals surface area contributed by atoms with Crippen molar-refractivity contribution in [3.05, 3.63) is 59.1 Å². The van der Waals surface area contributed by atoms with Crippen LogP contribution in [0.4, 0.5) is 5.13 Å². The summed E-state index contributed by atoms with van der Waals surface area (Å²) >= 11 is 1.51. The number of nitrogens with one attached hydrogen (secondary N) is 1. The summed E-state index contributed by atoms with van der Waals surface area (Å²) in [4.78, 5) is 19.4. The summed E-state index contributed by atoms with van der Waals surface area (Å²) in [5.41, 5.74) is 2.07. The molecule has 26 heavy (non-hydrogen) atoms. The maximum Gasteiger partial charge on any atom is 0.230 e. The van der Waals surface area contributed by atoms with Gasteiger partial charge in [-0.1, -0.05) is 48.9 Å². The smallest absolute Gasteiger partial charge is 0.230 e. The molecule has 4 rings (SSSR count). The first kappa shape index (κ1) is 17.2. The molecular weight excluding hydrogens is 342 g/mol. The van der Waals surface area contributed by atoms with Gasteiger partial charge < -0.3 is 5.32 Å². The zero-order chi connectivity index (χ0) is 17.8. The van der Waals surface area contributed by atoms with Crippen molar-refractivity contribution in [3.8, 4) is 0 Å². The van der Waals surface area contributed by atoms with E-state index in [9.17, 15) is 4.79 Å². The molecule has 1 saturated heterocycles. The SMILES string of the molecule is O=C(Cc1ccc2ccccc2c1)Nc1nc(CN2CCCCC2)cs1. The first-order chi connectivity index (χ1) is 12.8. The van der Waals surface area contributed by atoms with E-state index in [1.54, 1.807) is 0 Å². The Bertz CT molecular complexity index is 899. The van der Waals surface area contributed by atoms with Gasteiger partial charge in [0.15, 0.2) is 5.13 Å². The summed E-state index contributed by atoms with van der Waals surface area (Å²) < 4.78 is 0. The Morgan fingerprint density at radius 3 is 2.73 bits per heavy atom. The Morgan fingerprint density at radius 2 is 1.88 bits per heavy atom. The molecule has 3 aromatic rings. The van der Waals surface area contributed by atoms with Gasteiger partial charge in [0.2, 0.25) is 5.91 Å². The van der Waals surface area contributed by atoms with Crippen LogP contribution in [0.15, 0.2) is 47.8 Å². The van der Waals surface area contributed by atoms with E-state index >= 15 is 0 Å². The number of amides is 1. The lowest BCUT2D eigenvalue weighted by molar-refractivity contribution is -0.115. The van der Waals surface area contributed by atoms with Crippen LogP contribution >= 0.6 is 11.3 Å². The Kier molecular flexibility index (Phi) is 5.27. The molecule has 0 bridgehead atoms. The fraction of sp³-hybridized carbons (Fsp3) is 0.333. The van der Waals surface area contributed by atoms with Crippen LogP contribution < -0.4 is 5.32 Å². The minimum atomic E-state index is -0.0147. The number of rotatable bonds is 5. The first-order valence-corrected chi connectivity index (χ1v) is 10.1. The molecule has 0 saturated carbocycles. The number of aromatic nitrogens is 1. The molecule has 1 aromatic heterocycles. The molecular formula is C21H23N3OS. The fourth-order valence-electron chi connectivity index (χ4n) is 3.48. The maximum absolute atomic E-state index is 12.4. The third kappa shape index (κ3) is 4.29. The van der Waals surface area contributed by atoms with Gasteiger partial charge in [-0.25, -0.2) is 4.98 Å². The third-order valence-corrected chi connectivity index (χ3v) is 5.62. The fourth-order valence-corrected chi connectivity index (χ4v) is 4.20. The van der Waals surface area contributed by atoms with E-state index in [2.05, 4.69) is 44.8 Å². The van der Waals surface area contributed by atoms with E-state index in [4.69, 9.17) is 0 Å². The van der Waals surface area contributed by atoms with Crippen LogP contribution in [0.3, 0.4) is 0 Å². The van der Waals surface area contributed by atoms with Crippen molar-refractivity contribution in [1.29, 1.82) is 0 Å². The van der Waals surface area contributed by atoms with E-state index in [1.807, 2.05) is 18.2 Å². The molecule has 1 N–H and O–H groups in total. The predicted octanol–water partition coefficient (Wildman–Crippen LogP) is 4.46. The lowest BCUT2D eigenvalue weighted by atomic mass is 10.1.